The summed E-state index contributed by atoms with van der Waals surface area (Å²) in [6, 6.07) is 9.99. The minimum absolute atomic E-state index is 0. The van der Waals surface area contributed by atoms with E-state index < -0.39 is 0 Å². The van der Waals surface area contributed by atoms with E-state index in [1.165, 1.54) is 64.2 Å². The topological polar surface area (TPSA) is 68.9 Å². The van der Waals surface area contributed by atoms with Gasteiger partial charge in [-0.1, -0.05) is 76.9 Å². The molecule has 1 aromatic carbocycles. The van der Waals surface area contributed by atoms with Gasteiger partial charge in [0.05, 0.1) is 0 Å². The average molecular weight is 471 g/mol. The van der Waals surface area contributed by atoms with Gasteiger partial charge in [0.15, 0.2) is 0 Å². The monoisotopic (exact) mass is 471 g/mol. The Labute approximate surface area is 192 Å². The van der Waals surface area contributed by atoms with Gasteiger partial charge in [-0.25, -0.2) is 0 Å². The van der Waals surface area contributed by atoms with E-state index >= 15 is 0 Å². The van der Waals surface area contributed by atoms with Crippen LogP contribution in [0.25, 0.3) is 0 Å². The maximum absolute atomic E-state index is 7.50. The number of hydrogen-bond donors (Lipinski definition) is 0. The van der Waals surface area contributed by atoms with E-state index in [1.807, 2.05) is 37.3 Å². The molecule has 158 valence electrons. The zero-order valence-corrected chi connectivity index (χ0v) is 18.8. The molecule has 4 nitrogen and oxygen atoms in total. The Morgan fingerprint density at radius 2 is 1.00 bits per heavy atom. The van der Waals surface area contributed by atoms with Crippen LogP contribution in [0.1, 0.15) is 76.7 Å². The Kier molecular flexibility index (Phi) is 55.4. The predicted octanol–water partition coefficient (Wildman–Crippen LogP) is 6.02. The third-order valence-electron chi connectivity index (χ3n) is 3.69. The molecule has 0 atom stereocenters. The van der Waals surface area contributed by atoms with E-state index in [0.717, 1.165) is 12.2 Å². The summed E-state index contributed by atoms with van der Waals surface area (Å²) < 4.78 is 27.6. The normalized spacial score (nSPS) is 12.1. The molecule has 6 heteroatoms. The predicted molar refractivity (Wildman–Crippen MR) is 99.4 cm³/mol. The molecule has 0 amide bonds. The van der Waals surface area contributed by atoms with Crippen molar-refractivity contribution < 1.29 is 52.8 Å². The summed E-state index contributed by atoms with van der Waals surface area (Å²) in [5.41, 5.74) is 1.12. The molecule has 3 rings (SSSR count). The van der Waals surface area contributed by atoms with Gasteiger partial charge in [-0.2, -0.15) is 17.7 Å². The van der Waals surface area contributed by atoms with E-state index in [-0.39, 0.29) is 34.1 Å². The second kappa shape index (κ2) is 40.9. The molecular weight excluding hydrogens is 440 g/mol. The van der Waals surface area contributed by atoms with Gasteiger partial charge in [-0.15, -0.1) is 12.1 Å². The van der Waals surface area contributed by atoms with Crippen molar-refractivity contribution in [3.05, 3.63) is 62.5 Å². The van der Waals surface area contributed by atoms with Crippen LogP contribution in [-0.4, -0.2) is 6.61 Å². The standard InChI is InChI=1S/C9H11O.2C5H10.3CO.2Fe/c1-2-10-8-9-6-4-3-5-7-9;2*1-2-4-5-3-1;3*1-2;;/h3-8H,2H2,1H3;2*1-5H2;;;;;/q-1;;;;;;;+2. The fourth-order valence-corrected chi connectivity index (χ4v) is 2.48. The zero-order chi connectivity index (χ0) is 20.3. The Hall–Kier alpha value is -0.691. The summed E-state index contributed by atoms with van der Waals surface area (Å²) in [6.07, 6.45) is 15.0. The van der Waals surface area contributed by atoms with Crippen LogP contribution in [0.5, 0.6) is 0 Å². The van der Waals surface area contributed by atoms with E-state index in [2.05, 4.69) is 20.0 Å². The Bertz CT molecular complexity index is 372. The Morgan fingerprint density at radius 1 is 0.714 bits per heavy atom. The molecule has 0 unspecified atom stereocenters. The SMILES string of the molecule is C1CCCC1.C1CCCC1.CCO[CH-]c1ccccc1.[C-]#[O+].[C-]#[O+].[C-]#[O+].[Fe+2].[Fe]. The van der Waals surface area contributed by atoms with Crippen LogP contribution in [0.15, 0.2) is 30.3 Å². The molecule has 0 radical (unpaired) electrons. The van der Waals surface area contributed by atoms with E-state index in [9.17, 15) is 0 Å². The minimum atomic E-state index is 0. The molecule has 0 spiro atoms. The first kappa shape index (κ1) is 38.0. The largest absolute Gasteiger partial charge is 2.00 e. The molecule has 2 aliphatic carbocycles. The third-order valence-corrected chi connectivity index (χ3v) is 3.69. The summed E-state index contributed by atoms with van der Waals surface area (Å²) in [5, 5.41) is 0. The molecule has 0 heterocycles. The average Bonchev–Trinajstić information content (AvgIpc) is 3.51. The van der Waals surface area contributed by atoms with Gasteiger partial charge >= 0.3 is 51.0 Å². The second-order valence-corrected chi connectivity index (χ2v) is 5.52. The van der Waals surface area contributed by atoms with Crippen LogP contribution in [0, 0.1) is 26.6 Å². The van der Waals surface area contributed by atoms with Crippen LogP contribution in [-0.2, 0) is 52.8 Å². The van der Waals surface area contributed by atoms with Crippen molar-refractivity contribution in [1.29, 1.82) is 0 Å². The van der Waals surface area contributed by atoms with Gasteiger partial charge < -0.3 is 4.74 Å². The van der Waals surface area contributed by atoms with Crippen molar-refractivity contribution in [2.45, 2.75) is 71.1 Å². The summed E-state index contributed by atoms with van der Waals surface area (Å²) in [4.78, 5) is 0. The van der Waals surface area contributed by atoms with Crippen LogP contribution in [0.2, 0.25) is 0 Å². The fourth-order valence-electron chi connectivity index (χ4n) is 2.48. The molecule has 2 saturated carbocycles. The molecule has 28 heavy (non-hydrogen) atoms. The van der Waals surface area contributed by atoms with Gasteiger partial charge in [-0.05, 0) is 6.92 Å². The molecular formula is C22H31Fe2O4+. The van der Waals surface area contributed by atoms with Crippen molar-refractivity contribution in [3.63, 3.8) is 0 Å². The number of benzene rings is 1. The molecule has 0 aromatic heterocycles. The molecule has 0 saturated heterocycles. The number of ether oxygens (including phenoxy) is 1. The summed E-state index contributed by atoms with van der Waals surface area (Å²) in [5.74, 6) is 0. The van der Waals surface area contributed by atoms with E-state index in [0.29, 0.717) is 0 Å². The van der Waals surface area contributed by atoms with Crippen molar-refractivity contribution in [2.75, 3.05) is 6.61 Å². The first-order valence-corrected chi connectivity index (χ1v) is 9.04. The molecule has 0 N–H and O–H groups in total. The fraction of sp³-hybridized carbons (Fsp3) is 0.545. The van der Waals surface area contributed by atoms with Crippen LogP contribution < -0.4 is 0 Å². The Balaban J connectivity index is -0.0000000848. The third kappa shape index (κ3) is 32.9. The van der Waals surface area contributed by atoms with E-state index in [4.69, 9.17) is 18.7 Å². The van der Waals surface area contributed by atoms with Crippen molar-refractivity contribution in [1.82, 2.24) is 0 Å². The molecule has 1 aromatic rings. The van der Waals surface area contributed by atoms with Gasteiger partial charge in [0.25, 0.3) is 0 Å². The van der Waals surface area contributed by atoms with Crippen molar-refractivity contribution in [3.8, 4) is 0 Å². The zero-order valence-electron chi connectivity index (χ0n) is 16.6. The summed E-state index contributed by atoms with van der Waals surface area (Å²) in [6.45, 7) is 18.0. The summed E-state index contributed by atoms with van der Waals surface area (Å²) >= 11 is 0. The van der Waals surface area contributed by atoms with Crippen LogP contribution >= 0.6 is 0 Å². The van der Waals surface area contributed by atoms with Gasteiger partial charge in [-0.3, -0.25) is 0 Å². The molecule has 0 bridgehead atoms. The first-order valence-electron chi connectivity index (χ1n) is 9.04. The minimum Gasteiger partial charge on any atom is 0 e. The van der Waals surface area contributed by atoms with Crippen LogP contribution in [0.3, 0.4) is 0 Å². The first-order chi connectivity index (χ1) is 12.9. The maximum atomic E-state index is 7.50. The van der Waals surface area contributed by atoms with E-state index in [1.54, 1.807) is 6.61 Å². The molecule has 0 aliphatic heterocycles. The van der Waals surface area contributed by atoms with Gasteiger partial charge in [0, 0.05) is 23.7 Å². The smallest absolute Gasteiger partial charge is 0 e. The quantitative estimate of drug-likeness (QED) is 0.302. The Morgan fingerprint density at radius 3 is 1.25 bits per heavy atom. The van der Waals surface area contributed by atoms with Gasteiger partial charge in [0.1, 0.15) is 0 Å². The number of rotatable bonds is 3. The maximum Gasteiger partial charge on any atom is 2.00 e. The van der Waals surface area contributed by atoms with Crippen LogP contribution in [0.4, 0.5) is 0 Å². The van der Waals surface area contributed by atoms with Gasteiger partial charge in [0.2, 0.25) is 0 Å². The summed E-state index contributed by atoms with van der Waals surface area (Å²) in [7, 11) is 0. The van der Waals surface area contributed by atoms with Crippen molar-refractivity contribution >= 4 is 0 Å². The van der Waals surface area contributed by atoms with Crippen molar-refractivity contribution in [2.24, 2.45) is 0 Å². The molecule has 2 aliphatic rings. The second-order valence-electron chi connectivity index (χ2n) is 5.52. The number of hydrogen-bond acceptors (Lipinski definition) is 1. The molecule has 2 fully saturated rings.